The molecule has 134 valence electrons. The number of hydrogen-bond donors (Lipinski definition) is 0. The highest BCUT2D eigenvalue weighted by atomic mass is 32.2. The van der Waals surface area contributed by atoms with Crippen molar-refractivity contribution in [1.29, 1.82) is 0 Å². The number of benzene rings is 1. The highest BCUT2D eigenvalue weighted by Gasteiger charge is 2.41. The third-order valence-electron chi connectivity index (χ3n) is 4.66. The van der Waals surface area contributed by atoms with Crippen LogP contribution in [0.1, 0.15) is 23.3 Å². The zero-order valence-electron chi connectivity index (χ0n) is 14.2. The molecule has 0 radical (unpaired) electrons. The number of sulfonamides is 1. The van der Waals surface area contributed by atoms with Gasteiger partial charge in [0, 0.05) is 37.0 Å². The molecule has 26 heavy (non-hydrogen) atoms. The average Bonchev–Trinajstić information content (AvgIpc) is 3.30. The van der Waals surface area contributed by atoms with Crippen LogP contribution in [0.15, 0.2) is 59.4 Å². The van der Waals surface area contributed by atoms with Crippen LogP contribution in [-0.4, -0.2) is 47.2 Å². The van der Waals surface area contributed by atoms with Gasteiger partial charge >= 0.3 is 0 Å². The first kappa shape index (κ1) is 16.9. The Morgan fingerprint density at radius 1 is 1.08 bits per heavy atom. The number of pyridine rings is 1. The van der Waals surface area contributed by atoms with Crippen molar-refractivity contribution in [2.75, 3.05) is 19.3 Å². The second-order valence-corrected chi connectivity index (χ2v) is 8.38. The van der Waals surface area contributed by atoms with Gasteiger partial charge in [-0.2, -0.15) is 4.98 Å². The highest BCUT2D eigenvalue weighted by Crippen LogP contribution is 2.40. The molecule has 7 nitrogen and oxygen atoms in total. The van der Waals surface area contributed by atoms with Gasteiger partial charge in [0.15, 0.2) is 0 Å². The fourth-order valence-electron chi connectivity index (χ4n) is 3.31. The van der Waals surface area contributed by atoms with Crippen molar-refractivity contribution in [3.8, 4) is 11.4 Å². The molecule has 3 heterocycles. The number of rotatable bonds is 4. The molecular formula is C18H18N4O3S. The fraction of sp³-hybridized carbons (Fsp3) is 0.278. The first-order chi connectivity index (χ1) is 12.5. The van der Waals surface area contributed by atoms with Gasteiger partial charge in [-0.1, -0.05) is 41.6 Å². The third kappa shape index (κ3) is 3.25. The van der Waals surface area contributed by atoms with Crippen molar-refractivity contribution in [2.45, 2.75) is 11.8 Å². The Morgan fingerprint density at radius 3 is 2.54 bits per heavy atom. The predicted octanol–water partition coefficient (Wildman–Crippen LogP) is 2.27. The SMILES string of the molecule is CS(=O)(=O)N1C[C@@H](c2cccnc2)[C@H](c2nc(-c3ccccc3)no2)C1. The van der Waals surface area contributed by atoms with Crippen LogP contribution in [-0.2, 0) is 10.0 Å². The van der Waals surface area contributed by atoms with Crippen molar-refractivity contribution in [2.24, 2.45) is 0 Å². The van der Waals surface area contributed by atoms with E-state index in [2.05, 4.69) is 15.1 Å². The maximum Gasteiger partial charge on any atom is 0.232 e. The summed E-state index contributed by atoms with van der Waals surface area (Å²) in [5.41, 5.74) is 1.82. The van der Waals surface area contributed by atoms with Gasteiger partial charge in [-0.05, 0) is 11.6 Å². The second kappa shape index (κ2) is 6.62. The van der Waals surface area contributed by atoms with E-state index >= 15 is 0 Å². The van der Waals surface area contributed by atoms with Crippen molar-refractivity contribution >= 4 is 10.0 Å². The molecular weight excluding hydrogens is 352 g/mol. The summed E-state index contributed by atoms with van der Waals surface area (Å²) in [6.07, 6.45) is 4.68. The maximum absolute atomic E-state index is 12.1. The molecule has 3 aromatic rings. The lowest BCUT2D eigenvalue weighted by atomic mass is 9.90. The zero-order chi connectivity index (χ0) is 18.1. The molecule has 0 amide bonds. The Labute approximate surface area is 151 Å². The minimum atomic E-state index is -3.31. The molecule has 2 atom stereocenters. The quantitative estimate of drug-likeness (QED) is 0.700. The van der Waals surface area contributed by atoms with Crippen molar-refractivity contribution in [3.05, 3.63) is 66.3 Å². The minimum absolute atomic E-state index is 0.0810. The molecule has 0 unspecified atom stereocenters. The van der Waals surface area contributed by atoms with Crippen LogP contribution in [0.25, 0.3) is 11.4 Å². The van der Waals surface area contributed by atoms with Crippen molar-refractivity contribution in [1.82, 2.24) is 19.4 Å². The van der Waals surface area contributed by atoms with E-state index in [4.69, 9.17) is 4.52 Å². The molecule has 0 N–H and O–H groups in total. The molecule has 0 spiro atoms. The summed E-state index contributed by atoms with van der Waals surface area (Å²) >= 11 is 0. The van der Waals surface area contributed by atoms with Crippen LogP contribution in [0.5, 0.6) is 0 Å². The van der Waals surface area contributed by atoms with E-state index in [-0.39, 0.29) is 11.8 Å². The van der Waals surface area contributed by atoms with Gasteiger partial charge in [0.1, 0.15) is 0 Å². The molecule has 2 aromatic heterocycles. The van der Waals surface area contributed by atoms with Gasteiger partial charge in [0.05, 0.1) is 12.2 Å². The van der Waals surface area contributed by atoms with E-state index in [1.165, 1.54) is 10.6 Å². The molecule has 0 bridgehead atoms. The molecule has 1 aliphatic rings. The summed E-state index contributed by atoms with van der Waals surface area (Å²) in [7, 11) is -3.31. The Hall–Kier alpha value is -2.58. The molecule has 4 rings (SSSR count). The summed E-state index contributed by atoms with van der Waals surface area (Å²) in [5, 5.41) is 4.08. The van der Waals surface area contributed by atoms with E-state index in [0.717, 1.165) is 11.1 Å². The molecule has 8 heteroatoms. The van der Waals surface area contributed by atoms with Crippen LogP contribution in [0.2, 0.25) is 0 Å². The zero-order valence-corrected chi connectivity index (χ0v) is 15.0. The smallest absolute Gasteiger partial charge is 0.232 e. The van der Waals surface area contributed by atoms with Crippen molar-refractivity contribution < 1.29 is 12.9 Å². The summed E-state index contributed by atoms with van der Waals surface area (Å²) in [6, 6.07) is 13.3. The van der Waals surface area contributed by atoms with Gasteiger partial charge in [-0.3, -0.25) is 4.98 Å². The lowest BCUT2D eigenvalue weighted by Gasteiger charge is -2.14. The first-order valence-corrected chi connectivity index (χ1v) is 10.1. The lowest BCUT2D eigenvalue weighted by molar-refractivity contribution is 0.348. The normalized spacial score (nSPS) is 21.1. The highest BCUT2D eigenvalue weighted by molar-refractivity contribution is 7.88. The van der Waals surface area contributed by atoms with Gasteiger partial charge in [0.25, 0.3) is 0 Å². The topological polar surface area (TPSA) is 89.2 Å². The van der Waals surface area contributed by atoms with Gasteiger partial charge < -0.3 is 4.52 Å². The Kier molecular flexibility index (Phi) is 4.29. The molecule has 1 fully saturated rings. The van der Waals surface area contributed by atoms with Gasteiger partial charge in [-0.15, -0.1) is 0 Å². The molecule has 1 saturated heterocycles. The lowest BCUT2D eigenvalue weighted by Crippen LogP contribution is -2.27. The van der Waals surface area contributed by atoms with Crippen LogP contribution >= 0.6 is 0 Å². The Balaban J connectivity index is 1.70. The van der Waals surface area contributed by atoms with E-state index in [9.17, 15) is 8.42 Å². The molecule has 1 aromatic carbocycles. The number of aromatic nitrogens is 3. The van der Waals surface area contributed by atoms with Crippen LogP contribution < -0.4 is 0 Å². The van der Waals surface area contributed by atoms with E-state index in [1.807, 2.05) is 42.5 Å². The van der Waals surface area contributed by atoms with Crippen molar-refractivity contribution in [3.63, 3.8) is 0 Å². The van der Waals surface area contributed by atoms with E-state index in [0.29, 0.717) is 24.8 Å². The summed E-state index contributed by atoms with van der Waals surface area (Å²) in [6.45, 7) is 0.688. The minimum Gasteiger partial charge on any atom is -0.339 e. The van der Waals surface area contributed by atoms with Crippen LogP contribution in [0, 0.1) is 0 Å². The first-order valence-electron chi connectivity index (χ1n) is 8.26. The fourth-order valence-corrected chi connectivity index (χ4v) is 4.17. The molecule has 1 aliphatic heterocycles. The summed E-state index contributed by atoms with van der Waals surface area (Å²) in [5.74, 6) is 0.661. The van der Waals surface area contributed by atoms with E-state index < -0.39 is 10.0 Å². The second-order valence-electron chi connectivity index (χ2n) is 6.40. The summed E-state index contributed by atoms with van der Waals surface area (Å²) in [4.78, 5) is 8.70. The Morgan fingerprint density at radius 2 is 1.85 bits per heavy atom. The Bertz CT molecular complexity index is 990. The number of nitrogens with zero attached hydrogens (tertiary/aromatic N) is 4. The monoisotopic (exact) mass is 370 g/mol. The maximum atomic E-state index is 12.1. The predicted molar refractivity (Wildman–Crippen MR) is 95.9 cm³/mol. The van der Waals surface area contributed by atoms with Crippen LogP contribution in [0.3, 0.4) is 0 Å². The van der Waals surface area contributed by atoms with E-state index in [1.54, 1.807) is 12.4 Å². The standard InChI is InChI=1S/C18H18N4O3S/c1-26(23,24)22-11-15(14-8-5-9-19-10-14)16(12-22)18-20-17(21-25-18)13-6-3-2-4-7-13/h2-10,15-16H,11-12H2,1H3/t15-,16+/m0/s1. The van der Waals surface area contributed by atoms with Gasteiger partial charge in [-0.25, -0.2) is 12.7 Å². The molecule has 0 saturated carbocycles. The largest absolute Gasteiger partial charge is 0.339 e. The third-order valence-corrected chi connectivity index (χ3v) is 5.90. The molecule has 0 aliphatic carbocycles. The van der Waals surface area contributed by atoms with Crippen LogP contribution in [0.4, 0.5) is 0 Å². The van der Waals surface area contributed by atoms with Gasteiger partial charge in [0.2, 0.25) is 21.7 Å². The summed E-state index contributed by atoms with van der Waals surface area (Å²) < 4.78 is 31.1. The average molecular weight is 370 g/mol. The number of hydrogen-bond acceptors (Lipinski definition) is 6.